The molecule has 134 valence electrons. The molecule has 0 unspecified atom stereocenters. The number of ether oxygens (including phenoxy) is 1. The number of halogens is 1. The van der Waals surface area contributed by atoms with Crippen LogP contribution >= 0.6 is 11.6 Å². The molecule has 0 aliphatic carbocycles. The van der Waals surface area contributed by atoms with Gasteiger partial charge >= 0.3 is 0 Å². The molecule has 0 saturated carbocycles. The lowest BCUT2D eigenvalue weighted by molar-refractivity contribution is -0.116. The minimum atomic E-state index is -0.268. The summed E-state index contributed by atoms with van der Waals surface area (Å²) in [6, 6.07) is 7.05. The van der Waals surface area contributed by atoms with Crippen LogP contribution in [0.2, 0.25) is 5.02 Å². The maximum atomic E-state index is 11.9. The Morgan fingerprint density at radius 1 is 1.25 bits per heavy atom. The van der Waals surface area contributed by atoms with Crippen LogP contribution in [-0.2, 0) is 9.53 Å². The average Bonchev–Trinajstić information content (AvgIpc) is 2.56. The molecule has 1 aromatic carbocycles. The molecule has 7 heteroatoms. The Balaban J connectivity index is 2.24. The summed E-state index contributed by atoms with van der Waals surface area (Å²) in [5.41, 5.74) is 0.479. The van der Waals surface area contributed by atoms with Crippen LogP contribution in [0.1, 0.15) is 26.7 Å². The van der Waals surface area contributed by atoms with Crippen LogP contribution in [0.3, 0.4) is 0 Å². The van der Waals surface area contributed by atoms with E-state index in [0.29, 0.717) is 36.9 Å². The Hall–Kier alpha value is -1.79. The molecule has 3 N–H and O–H groups in total. The summed E-state index contributed by atoms with van der Waals surface area (Å²) in [6.07, 6.45) is 1.13. The Bertz CT molecular complexity index is 544. The summed E-state index contributed by atoms with van der Waals surface area (Å²) in [6.45, 7) is 5.28. The molecular formula is C17H27ClN4O2. The Labute approximate surface area is 149 Å². The first-order valence-corrected chi connectivity index (χ1v) is 8.29. The van der Waals surface area contributed by atoms with E-state index in [9.17, 15) is 4.79 Å². The van der Waals surface area contributed by atoms with Crippen LogP contribution in [0.25, 0.3) is 0 Å². The maximum absolute atomic E-state index is 11.9. The van der Waals surface area contributed by atoms with Gasteiger partial charge in [-0.05, 0) is 44.5 Å². The highest BCUT2D eigenvalue weighted by atomic mass is 35.5. The topological polar surface area (TPSA) is 74.8 Å². The number of carbonyl (C=O) groups excluding carboxylic acids is 1. The van der Waals surface area contributed by atoms with Crippen molar-refractivity contribution in [1.29, 1.82) is 0 Å². The second kappa shape index (κ2) is 10.2. The summed E-state index contributed by atoms with van der Waals surface area (Å²) in [7, 11) is 3.39. The molecule has 1 rings (SSSR count). The van der Waals surface area contributed by atoms with Gasteiger partial charge in [-0.15, -0.1) is 0 Å². The van der Waals surface area contributed by atoms with E-state index >= 15 is 0 Å². The molecule has 0 bridgehead atoms. The Morgan fingerprint density at radius 2 is 1.92 bits per heavy atom. The summed E-state index contributed by atoms with van der Waals surface area (Å²) in [5.74, 6) is 0.667. The van der Waals surface area contributed by atoms with Gasteiger partial charge in [0, 0.05) is 44.4 Å². The van der Waals surface area contributed by atoms with Gasteiger partial charge in [-0.1, -0.05) is 11.6 Å². The largest absolute Gasteiger partial charge is 0.377 e. The second-order valence-electron chi connectivity index (χ2n) is 5.97. The van der Waals surface area contributed by atoms with E-state index in [1.165, 1.54) is 0 Å². The summed E-state index contributed by atoms with van der Waals surface area (Å²) in [5, 5.41) is 9.86. The zero-order valence-corrected chi connectivity index (χ0v) is 15.5. The molecule has 1 aromatic rings. The smallest absolute Gasteiger partial charge is 0.224 e. The molecule has 0 saturated heterocycles. The van der Waals surface area contributed by atoms with Gasteiger partial charge in [0.25, 0.3) is 0 Å². The van der Waals surface area contributed by atoms with Crippen molar-refractivity contribution in [2.24, 2.45) is 4.99 Å². The van der Waals surface area contributed by atoms with Crippen LogP contribution in [0.5, 0.6) is 0 Å². The molecule has 0 heterocycles. The SMILES string of the molecule is CN=C(NCCCC(=O)Nc1ccc(Cl)cc1)NCC(C)(C)OC. The third-order valence-electron chi connectivity index (χ3n) is 3.46. The number of nitrogens with one attached hydrogen (secondary N) is 3. The lowest BCUT2D eigenvalue weighted by Crippen LogP contribution is -2.45. The predicted molar refractivity (Wildman–Crippen MR) is 99.8 cm³/mol. The number of guanidine groups is 1. The molecular weight excluding hydrogens is 328 g/mol. The number of amides is 1. The van der Waals surface area contributed by atoms with E-state index in [1.807, 2.05) is 13.8 Å². The van der Waals surface area contributed by atoms with Gasteiger partial charge in [0.05, 0.1) is 5.60 Å². The molecule has 0 aliphatic heterocycles. The lowest BCUT2D eigenvalue weighted by Gasteiger charge is -2.24. The first-order valence-electron chi connectivity index (χ1n) is 7.91. The molecule has 6 nitrogen and oxygen atoms in total. The summed E-state index contributed by atoms with van der Waals surface area (Å²) in [4.78, 5) is 16.0. The summed E-state index contributed by atoms with van der Waals surface area (Å²) < 4.78 is 5.35. The number of hydrogen-bond acceptors (Lipinski definition) is 3. The number of benzene rings is 1. The quantitative estimate of drug-likeness (QED) is 0.381. The van der Waals surface area contributed by atoms with Crippen molar-refractivity contribution in [3.63, 3.8) is 0 Å². The van der Waals surface area contributed by atoms with Crippen molar-refractivity contribution in [3.8, 4) is 0 Å². The molecule has 24 heavy (non-hydrogen) atoms. The first kappa shape index (κ1) is 20.3. The van der Waals surface area contributed by atoms with Crippen molar-refractivity contribution < 1.29 is 9.53 Å². The Morgan fingerprint density at radius 3 is 2.50 bits per heavy atom. The van der Waals surface area contributed by atoms with Crippen molar-refractivity contribution in [2.45, 2.75) is 32.3 Å². The van der Waals surface area contributed by atoms with Gasteiger partial charge in [-0.25, -0.2) is 0 Å². The van der Waals surface area contributed by atoms with E-state index in [-0.39, 0.29) is 11.5 Å². The lowest BCUT2D eigenvalue weighted by atomic mass is 10.1. The Kier molecular flexibility index (Phi) is 8.57. The number of nitrogens with zero attached hydrogens (tertiary/aromatic N) is 1. The highest BCUT2D eigenvalue weighted by molar-refractivity contribution is 6.30. The molecule has 0 fully saturated rings. The fourth-order valence-electron chi connectivity index (χ4n) is 1.80. The third-order valence-corrected chi connectivity index (χ3v) is 3.71. The van der Waals surface area contributed by atoms with Crippen LogP contribution < -0.4 is 16.0 Å². The fraction of sp³-hybridized carbons (Fsp3) is 0.529. The highest BCUT2D eigenvalue weighted by Crippen LogP contribution is 2.13. The van der Waals surface area contributed by atoms with Gasteiger partial charge in [0.2, 0.25) is 5.91 Å². The fourth-order valence-corrected chi connectivity index (χ4v) is 1.93. The average molecular weight is 355 g/mol. The number of anilines is 1. The number of hydrogen-bond donors (Lipinski definition) is 3. The number of methoxy groups -OCH3 is 1. The van der Waals surface area contributed by atoms with Gasteiger partial charge in [0.15, 0.2) is 5.96 Å². The van der Waals surface area contributed by atoms with Crippen molar-refractivity contribution in [1.82, 2.24) is 10.6 Å². The maximum Gasteiger partial charge on any atom is 0.224 e. The first-order chi connectivity index (χ1) is 11.4. The standard InChI is InChI=1S/C17H27ClN4O2/c1-17(2,24-4)12-21-16(19-3)20-11-5-6-15(23)22-14-9-7-13(18)8-10-14/h7-10H,5-6,11-12H2,1-4H3,(H,22,23)(H2,19,20,21). The molecule has 1 amide bonds. The normalized spacial score (nSPS) is 12.0. The zero-order chi connectivity index (χ0) is 18.0. The molecule has 0 atom stereocenters. The van der Waals surface area contributed by atoms with Crippen LogP contribution in [0.15, 0.2) is 29.3 Å². The predicted octanol–water partition coefficient (Wildman–Crippen LogP) is 2.65. The molecule has 0 aromatic heterocycles. The van der Waals surface area contributed by atoms with Crippen molar-refractivity contribution in [2.75, 3.05) is 32.6 Å². The zero-order valence-electron chi connectivity index (χ0n) is 14.8. The van der Waals surface area contributed by atoms with Gasteiger partial charge in [-0.2, -0.15) is 0 Å². The number of rotatable bonds is 8. The van der Waals surface area contributed by atoms with Crippen molar-refractivity contribution >= 4 is 29.2 Å². The molecule has 0 aliphatic rings. The van der Waals surface area contributed by atoms with E-state index in [1.54, 1.807) is 38.4 Å². The van der Waals surface area contributed by atoms with E-state index in [4.69, 9.17) is 16.3 Å². The van der Waals surface area contributed by atoms with Gasteiger partial charge in [0.1, 0.15) is 0 Å². The van der Waals surface area contributed by atoms with Crippen molar-refractivity contribution in [3.05, 3.63) is 29.3 Å². The summed E-state index contributed by atoms with van der Waals surface area (Å²) >= 11 is 5.81. The van der Waals surface area contributed by atoms with Gasteiger partial charge in [-0.3, -0.25) is 9.79 Å². The van der Waals surface area contributed by atoms with Gasteiger partial charge < -0.3 is 20.7 Å². The minimum absolute atomic E-state index is 0.0254. The van der Waals surface area contributed by atoms with Crippen LogP contribution in [-0.4, -0.2) is 44.7 Å². The van der Waals surface area contributed by atoms with Crippen LogP contribution in [0, 0.1) is 0 Å². The molecule has 0 radical (unpaired) electrons. The van der Waals surface area contributed by atoms with Crippen LogP contribution in [0.4, 0.5) is 5.69 Å². The second-order valence-corrected chi connectivity index (χ2v) is 6.41. The van der Waals surface area contributed by atoms with E-state index < -0.39 is 0 Å². The monoisotopic (exact) mass is 354 g/mol. The third kappa shape index (κ3) is 8.17. The minimum Gasteiger partial charge on any atom is -0.377 e. The van der Waals surface area contributed by atoms with E-state index in [0.717, 1.165) is 5.69 Å². The number of aliphatic imine (C=N–C) groups is 1. The highest BCUT2D eigenvalue weighted by Gasteiger charge is 2.16. The molecule has 0 spiro atoms. The number of carbonyl (C=O) groups is 1. The van der Waals surface area contributed by atoms with E-state index in [2.05, 4.69) is 20.9 Å².